The third-order valence-corrected chi connectivity index (χ3v) is 7.35. The Morgan fingerprint density at radius 2 is 1.81 bits per heavy atom. The lowest BCUT2D eigenvalue weighted by atomic mass is 9.92. The largest absolute Gasteiger partial charge is 0.355 e. The highest BCUT2D eigenvalue weighted by Crippen LogP contribution is 2.28. The highest BCUT2D eigenvalue weighted by Gasteiger charge is 2.32. The minimum atomic E-state index is -3.47. The molecular formula is C19H29N3O3S. The smallest absolute Gasteiger partial charge is 0.243 e. The van der Waals surface area contributed by atoms with Gasteiger partial charge < -0.3 is 10.6 Å². The van der Waals surface area contributed by atoms with E-state index in [-0.39, 0.29) is 11.8 Å². The van der Waals surface area contributed by atoms with E-state index in [1.165, 1.54) is 21.9 Å². The molecule has 1 fully saturated rings. The monoisotopic (exact) mass is 379 g/mol. The Kier molecular flexibility index (Phi) is 6.32. The number of sulfonamides is 1. The molecule has 0 bridgehead atoms. The molecule has 6 nitrogen and oxygen atoms in total. The first-order valence-corrected chi connectivity index (χ1v) is 11.0. The second-order valence-electron chi connectivity index (χ2n) is 7.21. The molecule has 1 aliphatic carbocycles. The molecule has 1 aromatic rings. The van der Waals surface area contributed by atoms with Crippen LogP contribution in [-0.4, -0.2) is 51.9 Å². The van der Waals surface area contributed by atoms with Gasteiger partial charge in [0.1, 0.15) is 0 Å². The van der Waals surface area contributed by atoms with Crippen molar-refractivity contribution >= 4 is 15.9 Å². The summed E-state index contributed by atoms with van der Waals surface area (Å²) >= 11 is 0. The molecule has 1 aromatic carbocycles. The summed E-state index contributed by atoms with van der Waals surface area (Å²) in [5.41, 5.74) is 2.46. The summed E-state index contributed by atoms with van der Waals surface area (Å²) in [6, 6.07) is 5.58. The molecule has 7 heteroatoms. The molecular weight excluding hydrogens is 350 g/mol. The van der Waals surface area contributed by atoms with Crippen LogP contribution in [0.4, 0.5) is 0 Å². The van der Waals surface area contributed by atoms with Gasteiger partial charge in [-0.2, -0.15) is 4.31 Å². The molecule has 2 N–H and O–H groups in total. The normalized spacial score (nSPS) is 19.1. The highest BCUT2D eigenvalue weighted by molar-refractivity contribution is 7.89. The SMILES string of the molecule is CNCCNC(=O)C1CCN(S(=O)(=O)c2ccc3c(c2)CCCC3)CC1. The van der Waals surface area contributed by atoms with Crippen LogP contribution in [0.5, 0.6) is 0 Å². The topological polar surface area (TPSA) is 78.5 Å². The molecule has 3 rings (SSSR count). The molecule has 0 unspecified atom stereocenters. The summed E-state index contributed by atoms with van der Waals surface area (Å²) in [6.45, 7) is 2.15. The predicted octanol–water partition coefficient (Wildman–Crippen LogP) is 1.30. The maximum Gasteiger partial charge on any atom is 0.243 e. The number of hydrogen-bond donors (Lipinski definition) is 2. The Bertz CT molecular complexity index is 740. The Labute approximate surface area is 156 Å². The first kappa shape index (κ1) is 19.3. The number of carbonyl (C=O) groups excluding carboxylic acids is 1. The molecule has 26 heavy (non-hydrogen) atoms. The summed E-state index contributed by atoms with van der Waals surface area (Å²) < 4.78 is 27.5. The first-order valence-electron chi connectivity index (χ1n) is 9.56. The fourth-order valence-corrected chi connectivity index (χ4v) is 5.35. The van der Waals surface area contributed by atoms with Crippen molar-refractivity contribution in [2.45, 2.75) is 43.4 Å². The van der Waals surface area contributed by atoms with Crippen molar-refractivity contribution in [2.75, 3.05) is 33.2 Å². The minimum absolute atomic E-state index is 0.0334. The highest BCUT2D eigenvalue weighted by atomic mass is 32.2. The van der Waals surface area contributed by atoms with E-state index in [4.69, 9.17) is 0 Å². The van der Waals surface area contributed by atoms with Crippen LogP contribution in [0, 0.1) is 5.92 Å². The Morgan fingerprint density at radius 3 is 2.50 bits per heavy atom. The van der Waals surface area contributed by atoms with E-state index in [1.54, 1.807) is 6.07 Å². The standard InChI is InChI=1S/C19H29N3O3S/c1-20-10-11-21-19(23)16-8-12-22(13-9-16)26(24,25)18-7-6-15-4-2-3-5-17(15)14-18/h6-7,14,16,20H,2-5,8-13H2,1H3,(H,21,23). The Hall–Kier alpha value is -1.44. The van der Waals surface area contributed by atoms with Crippen LogP contribution in [0.3, 0.4) is 0 Å². The van der Waals surface area contributed by atoms with Crippen LogP contribution in [0.2, 0.25) is 0 Å². The van der Waals surface area contributed by atoms with Gasteiger partial charge in [0.2, 0.25) is 15.9 Å². The maximum absolute atomic E-state index is 13.0. The van der Waals surface area contributed by atoms with Crippen molar-refractivity contribution < 1.29 is 13.2 Å². The molecule has 144 valence electrons. The zero-order valence-electron chi connectivity index (χ0n) is 15.5. The third-order valence-electron chi connectivity index (χ3n) is 5.46. The number of fused-ring (bicyclic) bond motifs is 1. The van der Waals surface area contributed by atoms with Crippen LogP contribution < -0.4 is 10.6 Å². The molecule has 0 spiro atoms. The molecule has 1 amide bonds. The van der Waals surface area contributed by atoms with E-state index >= 15 is 0 Å². The van der Waals surface area contributed by atoms with Crippen LogP contribution >= 0.6 is 0 Å². The van der Waals surface area contributed by atoms with Crippen molar-refractivity contribution in [3.8, 4) is 0 Å². The molecule has 0 aromatic heterocycles. The number of amides is 1. The molecule has 1 aliphatic heterocycles. The van der Waals surface area contributed by atoms with Crippen molar-refractivity contribution in [2.24, 2.45) is 5.92 Å². The number of aryl methyl sites for hydroxylation is 2. The summed E-state index contributed by atoms with van der Waals surface area (Å²) in [5, 5.41) is 5.89. The van der Waals surface area contributed by atoms with Gasteiger partial charge in [0.15, 0.2) is 0 Å². The Balaban J connectivity index is 1.62. The van der Waals surface area contributed by atoms with Gasteiger partial charge in [-0.25, -0.2) is 8.42 Å². The van der Waals surface area contributed by atoms with Crippen LogP contribution in [0.25, 0.3) is 0 Å². The number of nitrogens with one attached hydrogen (secondary N) is 2. The van der Waals surface area contributed by atoms with Crippen molar-refractivity contribution in [1.82, 2.24) is 14.9 Å². The van der Waals surface area contributed by atoms with Gasteiger partial charge in [-0.05, 0) is 68.8 Å². The molecule has 1 saturated heterocycles. The molecule has 2 aliphatic rings. The van der Waals surface area contributed by atoms with Gasteiger partial charge in [-0.1, -0.05) is 6.07 Å². The van der Waals surface area contributed by atoms with Crippen molar-refractivity contribution in [3.63, 3.8) is 0 Å². The van der Waals surface area contributed by atoms with Gasteiger partial charge in [-0.15, -0.1) is 0 Å². The zero-order chi connectivity index (χ0) is 18.6. The van der Waals surface area contributed by atoms with Gasteiger partial charge in [-0.3, -0.25) is 4.79 Å². The van der Waals surface area contributed by atoms with E-state index in [0.29, 0.717) is 37.4 Å². The van der Waals surface area contributed by atoms with Crippen LogP contribution in [0.15, 0.2) is 23.1 Å². The van der Waals surface area contributed by atoms with Gasteiger partial charge in [0.05, 0.1) is 4.90 Å². The van der Waals surface area contributed by atoms with E-state index in [0.717, 1.165) is 25.8 Å². The number of carbonyl (C=O) groups is 1. The zero-order valence-corrected chi connectivity index (χ0v) is 16.3. The summed E-state index contributed by atoms with van der Waals surface area (Å²) in [6.07, 6.45) is 5.48. The lowest BCUT2D eigenvalue weighted by molar-refractivity contribution is -0.126. The second kappa shape index (κ2) is 8.50. The number of hydrogen-bond acceptors (Lipinski definition) is 4. The van der Waals surface area contributed by atoms with Gasteiger partial charge in [0, 0.05) is 32.1 Å². The number of benzene rings is 1. The molecule has 0 radical (unpaired) electrons. The number of rotatable bonds is 6. The number of likely N-dealkylation sites (N-methyl/N-ethyl adjacent to an activating group) is 1. The van der Waals surface area contributed by atoms with E-state index in [2.05, 4.69) is 10.6 Å². The van der Waals surface area contributed by atoms with E-state index in [1.807, 2.05) is 19.2 Å². The third kappa shape index (κ3) is 4.27. The summed E-state index contributed by atoms with van der Waals surface area (Å²) in [4.78, 5) is 12.6. The van der Waals surface area contributed by atoms with E-state index in [9.17, 15) is 13.2 Å². The van der Waals surface area contributed by atoms with Gasteiger partial charge in [0.25, 0.3) is 0 Å². The predicted molar refractivity (Wildman–Crippen MR) is 102 cm³/mol. The van der Waals surface area contributed by atoms with Crippen LogP contribution in [-0.2, 0) is 27.7 Å². The first-order chi connectivity index (χ1) is 12.5. The average molecular weight is 380 g/mol. The van der Waals surface area contributed by atoms with Crippen molar-refractivity contribution in [1.29, 1.82) is 0 Å². The fraction of sp³-hybridized carbons (Fsp3) is 0.632. The van der Waals surface area contributed by atoms with Crippen LogP contribution in [0.1, 0.15) is 36.8 Å². The summed E-state index contributed by atoms with van der Waals surface area (Å²) in [5.74, 6) is -0.0621. The fourth-order valence-electron chi connectivity index (χ4n) is 3.83. The van der Waals surface area contributed by atoms with Gasteiger partial charge >= 0.3 is 0 Å². The molecule has 1 heterocycles. The van der Waals surface area contributed by atoms with E-state index < -0.39 is 10.0 Å². The molecule has 0 atom stereocenters. The second-order valence-corrected chi connectivity index (χ2v) is 9.15. The number of piperidine rings is 1. The minimum Gasteiger partial charge on any atom is -0.355 e. The number of nitrogens with zero attached hydrogens (tertiary/aromatic N) is 1. The average Bonchev–Trinajstić information content (AvgIpc) is 2.67. The molecule has 0 saturated carbocycles. The quantitative estimate of drug-likeness (QED) is 0.731. The maximum atomic E-state index is 13.0. The van der Waals surface area contributed by atoms with Crippen molar-refractivity contribution in [3.05, 3.63) is 29.3 Å². The lowest BCUT2D eigenvalue weighted by Gasteiger charge is -2.31. The Morgan fingerprint density at radius 1 is 1.12 bits per heavy atom. The lowest BCUT2D eigenvalue weighted by Crippen LogP contribution is -2.43. The summed E-state index contributed by atoms with van der Waals surface area (Å²) in [7, 11) is -1.63.